The number of hydrogen-bond donors (Lipinski definition) is 4. The lowest BCUT2D eigenvalue weighted by Crippen LogP contribution is -2.54. The lowest BCUT2D eigenvalue weighted by atomic mass is 9.87. The van der Waals surface area contributed by atoms with Crippen LogP contribution in [0.3, 0.4) is 0 Å². The minimum absolute atomic E-state index is 0.0790. The topological polar surface area (TPSA) is 150 Å². The van der Waals surface area contributed by atoms with Crippen molar-refractivity contribution < 1.29 is 23.5 Å². The molecule has 0 spiro atoms. The highest BCUT2D eigenvalue weighted by Gasteiger charge is 2.47. The van der Waals surface area contributed by atoms with Crippen LogP contribution in [0.4, 0.5) is 14.5 Å². The van der Waals surface area contributed by atoms with Crippen LogP contribution in [-0.2, 0) is 16.0 Å². The van der Waals surface area contributed by atoms with Crippen LogP contribution < -0.4 is 21.8 Å². The SMILES string of the molecule is CC(=O)N1CCC2C(C1)C(N1CCCc3cc(C4=CN(C)NC4)c(C(F)F)cc31)=NN2C1CCN(C)CC1.CC1CC(C)CN(/C(N)=C/C=C(\N)C(=O)O)C1. The second-order valence-electron chi connectivity index (χ2n) is 16.4. The predicted octanol–water partition coefficient (Wildman–Crippen LogP) is 3.82. The van der Waals surface area contributed by atoms with Gasteiger partial charge < -0.3 is 41.2 Å². The van der Waals surface area contributed by atoms with Gasteiger partial charge in [0.25, 0.3) is 6.43 Å². The van der Waals surface area contributed by atoms with E-state index < -0.39 is 12.4 Å². The number of hydrogen-bond acceptors (Lipinski definition) is 11. The highest BCUT2D eigenvalue weighted by atomic mass is 19.3. The van der Waals surface area contributed by atoms with Gasteiger partial charge in [0.15, 0.2) is 0 Å². The third-order valence-corrected chi connectivity index (χ3v) is 12.0. The van der Waals surface area contributed by atoms with Gasteiger partial charge in [0.2, 0.25) is 5.91 Å². The van der Waals surface area contributed by atoms with Gasteiger partial charge in [0.05, 0.1) is 17.8 Å². The average Bonchev–Trinajstić information content (AvgIpc) is 3.76. The second-order valence-corrected chi connectivity index (χ2v) is 16.4. The Morgan fingerprint density at radius 1 is 0.982 bits per heavy atom. The number of aryl methyl sites for hydroxylation is 1. The number of benzene rings is 1. The van der Waals surface area contributed by atoms with Gasteiger partial charge >= 0.3 is 5.97 Å². The number of rotatable bonds is 6. The maximum atomic E-state index is 14.4. The summed E-state index contributed by atoms with van der Waals surface area (Å²) in [7, 11) is 4.05. The Kier molecular flexibility index (Phi) is 12.6. The maximum absolute atomic E-state index is 14.4. The molecule has 3 fully saturated rings. The van der Waals surface area contributed by atoms with Gasteiger partial charge in [-0.3, -0.25) is 9.80 Å². The number of nitrogens with zero attached hydrogens (tertiary/aromatic N) is 7. The molecule has 55 heavy (non-hydrogen) atoms. The predicted molar refractivity (Wildman–Crippen MR) is 211 cm³/mol. The first-order valence-corrected chi connectivity index (χ1v) is 19.8. The smallest absolute Gasteiger partial charge is 0.351 e. The molecule has 6 N–H and O–H groups in total. The van der Waals surface area contributed by atoms with E-state index in [0.29, 0.717) is 42.4 Å². The fourth-order valence-corrected chi connectivity index (χ4v) is 9.20. The van der Waals surface area contributed by atoms with Crippen molar-refractivity contribution in [3.63, 3.8) is 0 Å². The van der Waals surface area contributed by atoms with Crippen LogP contribution in [0.5, 0.6) is 0 Å². The summed E-state index contributed by atoms with van der Waals surface area (Å²) in [5.41, 5.74) is 17.7. The molecule has 15 heteroatoms. The molecule has 0 aromatic heterocycles. The highest BCUT2D eigenvalue weighted by molar-refractivity contribution is 6.02. The Bertz CT molecular complexity index is 1700. The monoisotopic (exact) mass is 766 g/mol. The van der Waals surface area contributed by atoms with Crippen molar-refractivity contribution in [1.29, 1.82) is 0 Å². The number of nitrogens with two attached hydrogens (primary N) is 2. The fraction of sp³-hybridized carbons (Fsp3) is 0.625. The van der Waals surface area contributed by atoms with Crippen molar-refractivity contribution in [3.8, 4) is 0 Å². The van der Waals surface area contributed by atoms with Crippen molar-refractivity contribution in [2.75, 3.05) is 71.4 Å². The number of amidine groups is 1. The van der Waals surface area contributed by atoms with Crippen LogP contribution in [0.15, 0.2) is 47.1 Å². The van der Waals surface area contributed by atoms with Crippen molar-refractivity contribution in [2.45, 2.75) is 77.8 Å². The normalized spacial score (nSPS) is 26.7. The number of allylic oxidation sites excluding steroid dienone is 2. The van der Waals surface area contributed by atoms with Gasteiger partial charge in [0.1, 0.15) is 11.5 Å². The molecule has 1 aromatic rings. The molecule has 6 heterocycles. The quantitative estimate of drug-likeness (QED) is 0.247. The summed E-state index contributed by atoms with van der Waals surface area (Å²) in [6.45, 7) is 12.6. The molecule has 4 unspecified atom stereocenters. The molecular weight excluding hydrogens is 707 g/mol. The molecular formula is C40H60F2N10O3. The van der Waals surface area contributed by atoms with E-state index in [9.17, 15) is 18.4 Å². The molecule has 6 aliphatic heterocycles. The molecule has 3 saturated heterocycles. The van der Waals surface area contributed by atoms with Gasteiger partial charge in [-0.25, -0.2) is 19.0 Å². The number of nitrogens with one attached hydrogen (secondary N) is 1. The standard InChI is InChI=1S/C28H39F2N7O.C12H21N3O2/c1-18(38)35-12-8-25-24(17-35)28(32-37(25)21-6-10-33(2)11-7-21)36-9-4-5-19-13-22(20-15-31-34(3)16-20)23(27(29)30)14-26(19)36;1-8-5-9(2)7-15(6-8)11(14)4-3-10(13)12(16)17/h13-14,16,21,24-25,27,31H,4-12,15,17H2,1-3H3;3-4,8-9H,5-7,13-14H2,1-2H3,(H,16,17)/b;10-3-,11-4+. The van der Waals surface area contributed by atoms with E-state index in [1.54, 1.807) is 19.1 Å². The van der Waals surface area contributed by atoms with Gasteiger partial charge in [-0.1, -0.05) is 13.8 Å². The third kappa shape index (κ3) is 9.20. The van der Waals surface area contributed by atoms with Gasteiger partial charge in [0, 0.05) is 76.7 Å². The molecule has 302 valence electrons. The summed E-state index contributed by atoms with van der Waals surface area (Å²) < 4.78 is 28.9. The average molecular weight is 767 g/mol. The molecule has 1 aromatic carbocycles. The third-order valence-electron chi connectivity index (χ3n) is 12.0. The Labute approximate surface area is 324 Å². The number of hydrazone groups is 1. The molecule has 0 saturated carbocycles. The Balaban J connectivity index is 0.000000255. The van der Waals surface area contributed by atoms with Crippen LogP contribution >= 0.6 is 0 Å². The molecule has 4 atom stereocenters. The Morgan fingerprint density at radius 2 is 1.69 bits per heavy atom. The summed E-state index contributed by atoms with van der Waals surface area (Å²) in [5, 5.41) is 18.1. The van der Waals surface area contributed by atoms with Crippen LogP contribution in [0.25, 0.3) is 5.57 Å². The molecule has 0 aliphatic carbocycles. The number of amides is 1. The first kappa shape index (κ1) is 40.3. The van der Waals surface area contributed by atoms with Crippen molar-refractivity contribution in [1.82, 2.24) is 30.1 Å². The first-order valence-electron chi connectivity index (χ1n) is 19.8. The number of alkyl halides is 2. The summed E-state index contributed by atoms with van der Waals surface area (Å²) in [5.74, 6) is 1.78. The number of fused-ring (bicyclic) bond motifs is 2. The van der Waals surface area contributed by atoms with Gasteiger partial charge in [-0.05, 0) is 111 Å². The number of likely N-dealkylation sites (tertiary alicyclic amines) is 3. The number of anilines is 1. The molecule has 6 aliphatic rings. The summed E-state index contributed by atoms with van der Waals surface area (Å²) in [4.78, 5) is 31.4. The van der Waals surface area contributed by atoms with E-state index in [2.05, 4.69) is 46.0 Å². The molecule has 7 rings (SSSR count). The van der Waals surface area contributed by atoms with Crippen molar-refractivity contribution in [3.05, 3.63) is 58.7 Å². The van der Waals surface area contributed by atoms with Gasteiger partial charge in [-0.2, -0.15) is 5.10 Å². The Morgan fingerprint density at radius 3 is 2.31 bits per heavy atom. The molecule has 0 bridgehead atoms. The van der Waals surface area contributed by atoms with E-state index in [4.69, 9.17) is 21.7 Å². The van der Waals surface area contributed by atoms with Crippen molar-refractivity contribution >= 4 is 29.0 Å². The zero-order chi connectivity index (χ0) is 39.6. The number of hydrazine groups is 1. The van der Waals surface area contributed by atoms with E-state index in [-0.39, 0.29) is 29.1 Å². The highest BCUT2D eigenvalue weighted by Crippen LogP contribution is 2.41. The number of carbonyl (C=O) groups excluding carboxylic acids is 1. The summed E-state index contributed by atoms with van der Waals surface area (Å²) in [6.07, 6.45) is 8.27. The molecule has 1 amide bonds. The van der Waals surface area contributed by atoms with E-state index in [1.165, 1.54) is 12.5 Å². The minimum atomic E-state index is -2.57. The summed E-state index contributed by atoms with van der Waals surface area (Å²) in [6, 6.07) is 4.33. The van der Waals surface area contributed by atoms with Crippen LogP contribution in [0.1, 0.15) is 76.0 Å². The van der Waals surface area contributed by atoms with E-state index >= 15 is 0 Å². The number of carboxylic acids is 1. The first-order chi connectivity index (χ1) is 26.2. The fourth-order valence-electron chi connectivity index (χ4n) is 9.20. The Hall–Kier alpha value is -4.37. The van der Waals surface area contributed by atoms with Crippen molar-refractivity contribution in [2.24, 2.45) is 34.3 Å². The van der Waals surface area contributed by atoms with E-state index in [0.717, 1.165) is 94.0 Å². The van der Waals surface area contributed by atoms with Crippen LogP contribution in [0, 0.1) is 17.8 Å². The molecule has 13 nitrogen and oxygen atoms in total. The number of carbonyl (C=O) groups is 2. The second kappa shape index (κ2) is 17.2. The lowest BCUT2D eigenvalue weighted by Gasteiger charge is -2.42. The maximum Gasteiger partial charge on any atom is 0.351 e. The zero-order valence-corrected chi connectivity index (χ0v) is 33.1. The largest absolute Gasteiger partial charge is 0.477 e. The van der Waals surface area contributed by atoms with Gasteiger partial charge in [-0.15, -0.1) is 0 Å². The number of halogens is 2. The van der Waals surface area contributed by atoms with Crippen LogP contribution in [0.2, 0.25) is 0 Å². The van der Waals surface area contributed by atoms with Crippen LogP contribution in [-0.4, -0.2) is 126 Å². The van der Waals surface area contributed by atoms with E-state index in [1.807, 2.05) is 29.2 Å². The molecule has 0 radical (unpaired) electrons. The number of carboxylic acid groups (broad SMARTS) is 1. The lowest BCUT2D eigenvalue weighted by molar-refractivity contribution is -0.133. The number of piperidine rings is 3. The number of aliphatic carboxylic acids is 1. The minimum Gasteiger partial charge on any atom is -0.477 e. The zero-order valence-electron chi connectivity index (χ0n) is 33.1. The summed E-state index contributed by atoms with van der Waals surface area (Å²) >= 11 is 0.